The van der Waals surface area contributed by atoms with Crippen molar-refractivity contribution in [3.05, 3.63) is 29.8 Å². The first-order chi connectivity index (χ1) is 11.7. The van der Waals surface area contributed by atoms with Crippen LogP contribution in [0.4, 0.5) is 4.79 Å². The number of benzene rings is 1. The van der Waals surface area contributed by atoms with E-state index in [1.165, 1.54) is 24.9 Å². The lowest BCUT2D eigenvalue weighted by Crippen LogP contribution is -2.51. The van der Waals surface area contributed by atoms with E-state index in [0.29, 0.717) is 19.1 Å². The SMILES string of the molecule is COc1ccc(CCNC(=O)NC[C@@H]2CN3CCC[C@@H]3CO2)cc1. The summed E-state index contributed by atoms with van der Waals surface area (Å²) in [6.45, 7) is 4.07. The minimum atomic E-state index is -0.129. The number of rotatable bonds is 6. The Morgan fingerprint density at radius 1 is 1.33 bits per heavy atom. The van der Waals surface area contributed by atoms with E-state index in [1.54, 1.807) is 7.11 Å². The van der Waals surface area contributed by atoms with E-state index >= 15 is 0 Å². The van der Waals surface area contributed by atoms with E-state index in [2.05, 4.69) is 15.5 Å². The van der Waals surface area contributed by atoms with E-state index in [0.717, 1.165) is 25.3 Å². The van der Waals surface area contributed by atoms with Crippen molar-refractivity contribution in [2.45, 2.75) is 31.4 Å². The van der Waals surface area contributed by atoms with Crippen LogP contribution >= 0.6 is 0 Å². The highest BCUT2D eigenvalue weighted by molar-refractivity contribution is 5.73. The fourth-order valence-electron chi connectivity index (χ4n) is 3.39. The number of nitrogens with one attached hydrogen (secondary N) is 2. The number of fused-ring (bicyclic) bond motifs is 1. The molecule has 1 aromatic carbocycles. The normalized spacial score (nSPS) is 23.5. The Morgan fingerprint density at radius 3 is 2.96 bits per heavy atom. The Morgan fingerprint density at radius 2 is 2.17 bits per heavy atom. The van der Waals surface area contributed by atoms with E-state index in [9.17, 15) is 4.79 Å². The van der Waals surface area contributed by atoms with Gasteiger partial charge < -0.3 is 20.1 Å². The first-order valence-electron chi connectivity index (χ1n) is 8.75. The molecule has 2 aliphatic heterocycles. The van der Waals surface area contributed by atoms with Gasteiger partial charge in [0.2, 0.25) is 0 Å². The minimum absolute atomic E-state index is 0.103. The van der Waals surface area contributed by atoms with Gasteiger partial charge in [-0.1, -0.05) is 12.1 Å². The van der Waals surface area contributed by atoms with Crippen LogP contribution in [0.2, 0.25) is 0 Å². The molecule has 0 aromatic heterocycles. The number of amides is 2. The predicted octanol–water partition coefficient (Wildman–Crippen LogP) is 1.40. The molecule has 2 saturated heterocycles. The summed E-state index contributed by atoms with van der Waals surface area (Å²) in [5, 5.41) is 5.81. The first kappa shape index (κ1) is 17.0. The molecule has 2 N–H and O–H groups in total. The average molecular weight is 333 g/mol. The molecule has 132 valence electrons. The molecule has 2 fully saturated rings. The van der Waals surface area contributed by atoms with E-state index in [4.69, 9.17) is 9.47 Å². The zero-order chi connectivity index (χ0) is 16.8. The van der Waals surface area contributed by atoms with E-state index < -0.39 is 0 Å². The Hall–Kier alpha value is -1.79. The third-order valence-corrected chi connectivity index (χ3v) is 4.81. The van der Waals surface area contributed by atoms with Crippen LogP contribution in [0.25, 0.3) is 0 Å². The van der Waals surface area contributed by atoms with Crippen LogP contribution in [0.5, 0.6) is 5.75 Å². The highest BCUT2D eigenvalue weighted by Crippen LogP contribution is 2.22. The summed E-state index contributed by atoms with van der Waals surface area (Å²) < 4.78 is 11.0. The van der Waals surface area contributed by atoms with Crippen LogP contribution in [-0.4, -0.2) is 63.0 Å². The summed E-state index contributed by atoms with van der Waals surface area (Å²) in [6, 6.07) is 8.36. The monoisotopic (exact) mass is 333 g/mol. The maximum atomic E-state index is 11.9. The Bertz CT molecular complexity index is 535. The molecule has 6 heteroatoms. The van der Waals surface area contributed by atoms with Gasteiger partial charge in [-0.05, 0) is 43.5 Å². The van der Waals surface area contributed by atoms with Gasteiger partial charge in [0.25, 0.3) is 0 Å². The van der Waals surface area contributed by atoms with Crippen molar-refractivity contribution < 1.29 is 14.3 Å². The topological polar surface area (TPSA) is 62.8 Å². The second-order valence-electron chi connectivity index (χ2n) is 6.48. The molecule has 2 amide bonds. The molecular weight excluding hydrogens is 306 g/mol. The summed E-state index contributed by atoms with van der Waals surface area (Å²) in [5.74, 6) is 0.845. The molecule has 0 saturated carbocycles. The number of methoxy groups -OCH3 is 1. The molecule has 2 atom stereocenters. The standard InChI is InChI=1S/C18H27N3O3/c1-23-16-6-4-14(5-7-16)8-9-19-18(22)20-11-17-12-21-10-2-3-15(21)13-24-17/h4-7,15,17H,2-3,8-13H2,1H3,(H2,19,20,22)/t15-,17-/m1/s1. The van der Waals surface area contributed by atoms with Crippen molar-refractivity contribution in [2.24, 2.45) is 0 Å². The first-order valence-corrected chi connectivity index (χ1v) is 8.75. The Balaban J connectivity index is 1.31. The van der Waals surface area contributed by atoms with E-state index in [-0.39, 0.29) is 12.1 Å². The molecule has 0 spiro atoms. The van der Waals surface area contributed by atoms with Gasteiger partial charge in [-0.25, -0.2) is 4.79 Å². The number of hydrogen-bond donors (Lipinski definition) is 2. The highest BCUT2D eigenvalue weighted by Gasteiger charge is 2.32. The minimum Gasteiger partial charge on any atom is -0.497 e. The van der Waals surface area contributed by atoms with Crippen LogP contribution in [0, 0.1) is 0 Å². The smallest absolute Gasteiger partial charge is 0.314 e. The Labute approximate surface area is 143 Å². The van der Waals surface area contributed by atoms with Crippen molar-refractivity contribution in [1.82, 2.24) is 15.5 Å². The number of carbonyl (C=O) groups is 1. The van der Waals surface area contributed by atoms with Crippen molar-refractivity contribution in [3.8, 4) is 5.75 Å². The second kappa shape index (κ2) is 8.35. The van der Waals surface area contributed by atoms with Crippen LogP contribution in [-0.2, 0) is 11.2 Å². The van der Waals surface area contributed by atoms with Crippen LogP contribution in [0.1, 0.15) is 18.4 Å². The molecule has 1 aromatic rings. The highest BCUT2D eigenvalue weighted by atomic mass is 16.5. The lowest BCUT2D eigenvalue weighted by atomic mass is 10.1. The number of morpholine rings is 1. The number of carbonyl (C=O) groups excluding carboxylic acids is 1. The molecule has 3 rings (SSSR count). The van der Waals surface area contributed by atoms with Crippen LogP contribution in [0.15, 0.2) is 24.3 Å². The maximum absolute atomic E-state index is 11.9. The lowest BCUT2D eigenvalue weighted by molar-refractivity contribution is -0.0457. The van der Waals surface area contributed by atoms with Crippen molar-refractivity contribution in [1.29, 1.82) is 0 Å². The molecule has 2 aliphatic rings. The van der Waals surface area contributed by atoms with Crippen molar-refractivity contribution >= 4 is 6.03 Å². The summed E-state index contributed by atoms with van der Waals surface area (Å²) in [5.41, 5.74) is 1.17. The van der Waals surface area contributed by atoms with Crippen molar-refractivity contribution in [2.75, 3.05) is 39.9 Å². The lowest BCUT2D eigenvalue weighted by Gasteiger charge is -2.35. The van der Waals surface area contributed by atoms with Gasteiger partial charge in [0.1, 0.15) is 5.75 Å². The van der Waals surface area contributed by atoms with Gasteiger partial charge in [0, 0.05) is 25.7 Å². The van der Waals surface area contributed by atoms with Gasteiger partial charge >= 0.3 is 6.03 Å². The number of nitrogens with zero attached hydrogens (tertiary/aromatic N) is 1. The maximum Gasteiger partial charge on any atom is 0.314 e. The number of hydrogen-bond acceptors (Lipinski definition) is 4. The summed E-state index contributed by atoms with van der Waals surface area (Å²) in [6.07, 6.45) is 3.41. The molecule has 24 heavy (non-hydrogen) atoms. The molecule has 0 radical (unpaired) electrons. The number of urea groups is 1. The van der Waals surface area contributed by atoms with E-state index in [1.807, 2.05) is 24.3 Å². The zero-order valence-electron chi connectivity index (χ0n) is 14.3. The van der Waals surface area contributed by atoms with Gasteiger partial charge in [-0.15, -0.1) is 0 Å². The number of ether oxygens (including phenoxy) is 2. The molecule has 0 unspecified atom stereocenters. The molecule has 0 aliphatic carbocycles. The van der Waals surface area contributed by atoms with Gasteiger partial charge in [0.05, 0.1) is 19.8 Å². The Kier molecular flexibility index (Phi) is 5.93. The summed E-state index contributed by atoms with van der Waals surface area (Å²) in [4.78, 5) is 14.4. The van der Waals surface area contributed by atoms with Gasteiger partial charge in [-0.2, -0.15) is 0 Å². The summed E-state index contributed by atoms with van der Waals surface area (Å²) in [7, 11) is 1.65. The van der Waals surface area contributed by atoms with Crippen LogP contribution in [0.3, 0.4) is 0 Å². The molecule has 6 nitrogen and oxygen atoms in total. The predicted molar refractivity (Wildman–Crippen MR) is 92.4 cm³/mol. The van der Waals surface area contributed by atoms with Crippen molar-refractivity contribution in [3.63, 3.8) is 0 Å². The quantitative estimate of drug-likeness (QED) is 0.826. The third-order valence-electron chi connectivity index (χ3n) is 4.81. The fourth-order valence-corrected chi connectivity index (χ4v) is 3.39. The van der Waals surface area contributed by atoms with Crippen LogP contribution < -0.4 is 15.4 Å². The van der Waals surface area contributed by atoms with Gasteiger partial charge in [0.15, 0.2) is 0 Å². The molecular formula is C18H27N3O3. The summed E-state index contributed by atoms with van der Waals surface area (Å²) >= 11 is 0. The molecule has 0 bridgehead atoms. The third kappa shape index (κ3) is 4.61. The average Bonchev–Trinajstić information content (AvgIpc) is 3.08. The second-order valence-corrected chi connectivity index (χ2v) is 6.48. The fraction of sp³-hybridized carbons (Fsp3) is 0.611. The zero-order valence-corrected chi connectivity index (χ0v) is 14.3. The molecule has 2 heterocycles. The largest absolute Gasteiger partial charge is 0.497 e. The van der Waals surface area contributed by atoms with Gasteiger partial charge in [-0.3, -0.25) is 4.90 Å².